The second-order valence-corrected chi connectivity index (χ2v) is 5.93. The Bertz CT molecular complexity index is 698. The van der Waals surface area contributed by atoms with E-state index < -0.39 is 10.5 Å². The molecule has 0 spiro atoms. The van der Waals surface area contributed by atoms with Gasteiger partial charge in [0.2, 0.25) is 0 Å². The Morgan fingerprint density at radius 3 is 2.39 bits per heavy atom. The Labute approximate surface area is 133 Å². The number of nitro groups is 1. The normalized spacial score (nSPS) is 11.1. The van der Waals surface area contributed by atoms with Gasteiger partial charge in [0.25, 0.3) is 0 Å². The van der Waals surface area contributed by atoms with Crippen molar-refractivity contribution >= 4 is 17.5 Å². The smallest absolute Gasteiger partial charge is 0.433 e. The number of rotatable bonds is 5. The van der Waals surface area contributed by atoms with E-state index in [1.54, 1.807) is 30.3 Å². The quantitative estimate of drug-likeness (QED) is 0.512. The van der Waals surface area contributed by atoms with Gasteiger partial charge in [0.1, 0.15) is 16.3 Å². The SMILES string of the molecule is CC(C)(C)OC(=O)c1ccc(NCc2ccc([N+](=O)[O-])o2)cc1. The maximum Gasteiger partial charge on any atom is 0.433 e. The minimum absolute atomic E-state index is 0.290. The fourth-order valence-electron chi connectivity index (χ4n) is 1.81. The highest BCUT2D eigenvalue weighted by atomic mass is 16.6. The van der Waals surface area contributed by atoms with Gasteiger partial charge in [-0.2, -0.15) is 0 Å². The molecule has 2 rings (SSSR count). The van der Waals surface area contributed by atoms with Crippen LogP contribution in [0, 0.1) is 10.1 Å². The second-order valence-electron chi connectivity index (χ2n) is 5.93. The molecule has 0 radical (unpaired) electrons. The van der Waals surface area contributed by atoms with Crippen LogP contribution in [-0.4, -0.2) is 16.5 Å². The van der Waals surface area contributed by atoms with Crippen molar-refractivity contribution in [2.45, 2.75) is 32.9 Å². The van der Waals surface area contributed by atoms with Crippen LogP contribution in [0.5, 0.6) is 0 Å². The zero-order chi connectivity index (χ0) is 17.0. The van der Waals surface area contributed by atoms with Crippen molar-refractivity contribution in [3.63, 3.8) is 0 Å². The molecule has 0 atom stereocenters. The molecular weight excluding hydrogens is 300 g/mol. The van der Waals surface area contributed by atoms with Crippen molar-refractivity contribution in [1.29, 1.82) is 0 Å². The van der Waals surface area contributed by atoms with Crippen LogP contribution in [0.15, 0.2) is 40.8 Å². The zero-order valence-electron chi connectivity index (χ0n) is 13.2. The number of nitrogens with one attached hydrogen (secondary N) is 1. The minimum Gasteiger partial charge on any atom is -0.456 e. The molecule has 1 heterocycles. The zero-order valence-corrected chi connectivity index (χ0v) is 13.2. The van der Waals surface area contributed by atoms with Crippen LogP contribution in [0.1, 0.15) is 36.9 Å². The van der Waals surface area contributed by atoms with E-state index in [-0.39, 0.29) is 11.9 Å². The number of carbonyl (C=O) groups is 1. The molecule has 1 aromatic heterocycles. The van der Waals surface area contributed by atoms with E-state index in [2.05, 4.69) is 5.32 Å². The number of benzene rings is 1. The highest BCUT2D eigenvalue weighted by molar-refractivity contribution is 5.90. The van der Waals surface area contributed by atoms with Gasteiger partial charge in [-0.25, -0.2) is 4.79 Å². The average molecular weight is 318 g/mol. The number of esters is 1. The monoisotopic (exact) mass is 318 g/mol. The van der Waals surface area contributed by atoms with E-state index in [0.29, 0.717) is 17.9 Å². The van der Waals surface area contributed by atoms with Gasteiger partial charge in [-0.05, 0) is 51.1 Å². The third kappa shape index (κ3) is 4.84. The molecule has 0 aliphatic heterocycles. The summed E-state index contributed by atoms with van der Waals surface area (Å²) in [5.41, 5.74) is 0.678. The van der Waals surface area contributed by atoms with Crippen molar-refractivity contribution in [3.8, 4) is 0 Å². The fraction of sp³-hybridized carbons (Fsp3) is 0.312. The minimum atomic E-state index is -0.584. The molecule has 23 heavy (non-hydrogen) atoms. The summed E-state index contributed by atoms with van der Waals surface area (Å²) in [7, 11) is 0. The van der Waals surface area contributed by atoms with Gasteiger partial charge in [-0.15, -0.1) is 0 Å². The number of carbonyl (C=O) groups excluding carboxylic acids is 1. The third-order valence-electron chi connectivity index (χ3n) is 2.81. The van der Waals surface area contributed by atoms with E-state index in [4.69, 9.17) is 9.15 Å². The van der Waals surface area contributed by atoms with Gasteiger partial charge in [-0.3, -0.25) is 10.1 Å². The van der Waals surface area contributed by atoms with E-state index in [9.17, 15) is 14.9 Å². The van der Waals surface area contributed by atoms with E-state index in [1.807, 2.05) is 20.8 Å². The lowest BCUT2D eigenvalue weighted by Gasteiger charge is -2.19. The number of hydrogen-bond donors (Lipinski definition) is 1. The van der Waals surface area contributed by atoms with Gasteiger partial charge in [0.15, 0.2) is 0 Å². The van der Waals surface area contributed by atoms with Gasteiger partial charge in [0.05, 0.1) is 18.2 Å². The lowest BCUT2D eigenvalue weighted by Crippen LogP contribution is -2.23. The molecule has 122 valence electrons. The topological polar surface area (TPSA) is 94.6 Å². The van der Waals surface area contributed by atoms with Gasteiger partial charge < -0.3 is 14.5 Å². The molecule has 1 N–H and O–H groups in total. The van der Waals surface area contributed by atoms with E-state index in [0.717, 1.165) is 5.69 Å². The number of hydrogen-bond acceptors (Lipinski definition) is 6. The average Bonchev–Trinajstić information content (AvgIpc) is 2.93. The first-order valence-corrected chi connectivity index (χ1v) is 7.05. The molecule has 0 bridgehead atoms. The molecule has 0 aliphatic carbocycles. The Morgan fingerprint density at radius 2 is 1.87 bits per heavy atom. The first-order chi connectivity index (χ1) is 10.7. The maximum atomic E-state index is 11.9. The summed E-state index contributed by atoms with van der Waals surface area (Å²) >= 11 is 0. The summed E-state index contributed by atoms with van der Waals surface area (Å²) in [6, 6.07) is 9.62. The van der Waals surface area contributed by atoms with Crippen LogP contribution in [0.4, 0.5) is 11.6 Å². The predicted molar refractivity (Wildman–Crippen MR) is 84.3 cm³/mol. The van der Waals surface area contributed by atoms with Gasteiger partial charge in [0, 0.05) is 5.69 Å². The first-order valence-electron chi connectivity index (χ1n) is 7.05. The molecule has 0 amide bonds. The van der Waals surface area contributed by atoms with Crippen molar-refractivity contribution in [2.75, 3.05) is 5.32 Å². The van der Waals surface area contributed by atoms with Crippen LogP contribution in [0.25, 0.3) is 0 Å². The predicted octanol–water partition coefficient (Wildman–Crippen LogP) is 3.76. The van der Waals surface area contributed by atoms with E-state index in [1.165, 1.54) is 6.07 Å². The highest BCUT2D eigenvalue weighted by Crippen LogP contribution is 2.18. The third-order valence-corrected chi connectivity index (χ3v) is 2.81. The maximum absolute atomic E-state index is 11.9. The number of anilines is 1. The number of nitrogens with zero attached hydrogens (tertiary/aromatic N) is 1. The Morgan fingerprint density at radius 1 is 1.22 bits per heavy atom. The summed E-state index contributed by atoms with van der Waals surface area (Å²) in [4.78, 5) is 21.8. The number of furan rings is 1. The van der Waals surface area contributed by atoms with Crippen LogP contribution >= 0.6 is 0 Å². The fourth-order valence-corrected chi connectivity index (χ4v) is 1.81. The molecule has 0 saturated heterocycles. The van der Waals surface area contributed by atoms with Crippen molar-refractivity contribution < 1.29 is 18.9 Å². The molecule has 7 nitrogen and oxygen atoms in total. The van der Waals surface area contributed by atoms with Crippen LogP contribution < -0.4 is 5.32 Å². The summed E-state index contributed by atoms with van der Waals surface area (Å²) < 4.78 is 10.3. The van der Waals surface area contributed by atoms with Crippen molar-refractivity contribution in [2.24, 2.45) is 0 Å². The Hall–Kier alpha value is -2.83. The molecule has 0 aliphatic rings. The largest absolute Gasteiger partial charge is 0.456 e. The molecule has 0 unspecified atom stereocenters. The summed E-state index contributed by atoms with van der Waals surface area (Å²) in [6.45, 7) is 5.73. The van der Waals surface area contributed by atoms with Crippen LogP contribution in [-0.2, 0) is 11.3 Å². The van der Waals surface area contributed by atoms with Gasteiger partial charge in [-0.1, -0.05) is 0 Å². The lowest BCUT2D eigenvalue weighted by molar-refractivity contribution is -0.402. The molecule has 0 saturated carbocycles. The van der Waals surface area contributed by atoms with E-state index >= 15 is 0 Å². The van der Waals surface area contributed by atoms with Crippen LogP contribution in [0.2, 0.25) is 0 Å². The molecular formula is C16H18N2O5. The van der Waals surface area contributed by atoms with Crippen LogP contribution in [0.3, 0.4) is 0 Å². The molecule has 2 aromatic rings. The summed E-state index contributed by atoms with van der Waals surface area (Å²) in [6.07, 6.45) is 0. The van der Waals surface area contributed by atoms with Crippen molar-refractivity contribution in [3.05, 3.63) is 57.8 Å². The summed E-state index contributed by atoms with van der Waals surface area (Å²) in [5.74, 6) is -0.222. The number of ether oxygens (including phenoxy) is 1. The summed E-state index contributed by atoms with van der Waals surface area (Å²) in [5, 5.41) is 13.6. The van der Waals surface area contributed by atoms with Crippen molar-refractivity contribution in [1.82, 2.24) is 0 Å². The Kier molecular flexibility index (Phi) is 4.68. The molecule has 1 aromatic carbocycles. The first kappa shape index (κ1) is 16.5. The van der Waals surface area contributed by atoms with Gasteiger partial charge >= 0.3 is 11.9 Å². The standard InChI is InChI=1S/C16H18N2O5/c1-16(2,3)23-15(19)11-4-6-12(7-5-11)17-10-13-8-9-14(22-13)18(20)21/h4-9,17H,10H2,1-3H3. The molecule has 7 heteroatoms. The molecule has 0 fully saturated rings. The highest BCUT2D eigenvalue weighted by Gasteiger charge is 2.17. The Balaban J connectivity index is 1.94. The second kappa shape index (κ2) is 6.51. The lowest BCUT2D eigenvalue weighted by atomic mass is 10.1.